The number of morpholine rings is 1. The number of amides is 1. The molecule has 1 amide bonds. The van der Waals surface area contributed by atoms with Crippen LogP contribution in [0.25, 0.3) is 0 Å². The van der Waals surface area contributed by atoms with Gasteiger partial charge in [-0.05, 0) is 24.5 Å². The Balaban J connectivity index is 1.75. The van der Waals surface area contributed by atoms with E-state index in [9.17, 15) is 9.90 Å². The summed E-state index contributed by atoms with van der Waals surface area (Å²) in [5, 5.41) is 13.3. The van der Waals surface area contributed by atoms with Crippen molar-refractivity contribution in [2.24, 2.45) is 0 Å². The van der Waals surface area contributed by atoms with E-state index in [4.69, 9.17) is 4.74 Å². The van der Waals surface area contributed by atoms with Crippen molar-refractivity contribution in [2.75, 3.05) is 39.4 Å². The van der Waals surface area contributed by atoms with Gasteiger partial charge in [0, 0.05) is 26.2 Å². The minimum atomic E-state index is -0.931. The minimum absolute atomic E-state index is 0.0588. The summed E-state index contributed by atoms with van der Waals surface area (Å²) in [6, 6.07) is 8.09. The molecule has 0 spiro atoms. The second kappa shape index (κ2) is 8.43. The third-order valence-corrected chi connectivity index (χ3v) is 4.13. The Hall–Kier alpha value is -1.43. The minimum Gasteiger partial charge on any atom is -0.387 e. The van der Waals surface area contributed by atoms with Gasteiger partial charge in [0.1, 0.15) is 0 Å². The van der Waals surface area contributed by atoms with Crippen LogP contribution in [0, 0.1) is 0 Å². The molecule has 2 rings (SSSR count). The van der Waals surface area contributed by atoms with Crippen LogP contribution in [0.1, 0.15) is 25.0 Å². The van der Waals surface area contributed by atoms with Gasteiger partial charge in [-0.25, -0.2) is 0 Å². The van der Waals surface area contributed by atoms with E-state index >= 15 is 0 Å². The first-order valence-electron chi connectivity index (χ1n) is 8.35. The number of nitrogens with one attached hydrogen (secondary N) is 1. The second-order valence-electron chi connectivity index (χ2n) is 6.51. The molecule has 1 aromatic rings. The summed E-state index contributed by atoms with van der Waals surface area (Å²) in [7, 11) is 0. The van der Waals surface area contributed by atoms with Crippen molar-refractivity contribution in [2.45, 2.75) is 32.3 Å². The summed E-state index contributed by atoms with van der Waals surface area (Å²) < 4.78 is 5.30. The largest absolute Gasteiger partial charge is 0.387 e. The summed E-state index contributed by atoms with van der Waals surface area (Å²) in [6.07, 6.45) is 1.34. The Morgan fingerprint density at radius 1 is 1.26 bits per heavy atom. The lowest BCUT2D eigenvalue weighted by atomic mass is 10.1. The maximum atomic E-state index is 12.0. The average molecular weight is 320 g/mol. The van der Waals surface area contributed by atoms with E-state index in [1.54, 1.807) is 6.92 Å². The summed E-state index contributed by atoms with van der Waals surface area (Å²) in [5.74, 6) is -0.0588. The first kappa shape index (κ1) is 17.9. The molecule has 1 aliphatic heterocycles. The van der Waals surface area contributed by atoms with Crippen LogP contribution in [0.5, 0.6) is 0 Å². The number of aryl methyl sites for hydroxylation is 1. The molecule has 1 unspecified atom stereocenters. The van der Waals surface area contributed by atoms with Gasteiger partial charge in [0.05, 0.1) is 25.2 Å². The second-order valence-corrected chi connectivity index (χ2v) is 6.51. The predicted molar refractivity (Wildman–Crippen MR) is 90.4 cm³/mol. The molecule has 1 atom stereocenters. The molecule has 0 radical (unpaired) electrons. The maximum Gasteiger partial charge on any atom is 0.224 e. The van der Waals surface area contributed by atoms with Gasteiger partial charge in [0.2, 0.25) is 5.91 Å². The van der Waals surface area contributed by atoms with Gasteiger partial charge >= 0.3 is 0 Å². The van der Waals surface area contributed by atoms with Gasteiger partial charge < -0.3 is 15.2 Å². The number of rotatable bonds is 7. The zero-order valence-electron chi connectivity index (χ0n) is 14.2. The Bertz CT molecular complexity index is 493. The van der Waals surface area contributed by atoms with Gasteiger partial charge in [-0.15, -0.1) is 0 Å². The van der Waals surface area contributed by atoms with Gasteiger partial charge in [0.15, 0.2) is 0 Å². The molecule has 1 fully saturated rings. The van der Waals surface area contributed by atoms with E-state index in [2.05, 4.69) is 29.3 Å². The lowest BCUT2D eigenvalue weighted by molar-refractivity contribution is -0.121. The van der Waals surface area contributed by atoms with E-state index in [1.165, 1.54) is 5.56 Å². The van der Waals surface area contributed by atoms with Crippen molar-refractivity contribution in [3.63, 3.8) is 0 Å². The SMILES string of the molecule is CCc1ccc(CC(=O)NCC(C)(O)CN2CCOCC2)cc1. The van der Waals surface area contributed by atoms with E-state index in [0.717, 1.165) is 25.1 Å². The monoisotopic (exact) mass is 320 g/mol. The molecular formula is C18H28N2O3. The number of hydrogen-bond donors (Lipinski definition) is 2. The van der Waals surface area contributed by atoms with Crippen molar-refractivity contribution < 1.29 is 14.6 Å². The maximum absolute atomic E-state index is 12.0. The molecule has 0 bridgehead atoms. The zero-order chi connectivity index (χ0) is 16.7. The van der Waals surface area contributed by atoms with Crippen LogP contribution in [0.15, 0.2) is 24.3 Å². The Morgan fingerprint density at radius 2 is 1.87 bits per heavy atom. The molecule has 5 heteroatoms. The van der Waals surface area contributed by atoms with E-state index < -0.39 is 5.60 Å². The smallest absolute Gasteiger partial charge is 0.224 e. The quantitative estimate of drug-likeness (QED) is 0.786. The lowest BCUT2D eigenvalue weighted by Crippen LogP contribution is -2.51. The number of ether oxygens (including phenoxy) is 1. The topological polar surface area (TPSA) is 61.8 Å². The number of nitrogens with zero attached hydrogens (tertiary/aromatic N) is 1. The zero-order valence-corrected chi connectivity index (χ0v) is 14.2. The third kappa shape index (κ3) is 6.29. The van der Waals surface area contributed by atoms with E-state index in [0.29, 0.717) is 26.2 Å². The van der Waals surface area contributed by atoms with Crippen LogP contribution < -0.4 is 5.32 Å². The van der Waals surface area contributed by atoms with Crippen LogP contribution in [0.4, 0.5) is 0 Å². The van der Waals surface area contributed by atoms with Crippen LogP contribution in [-0.4, -0.2) is 60.9 Å². The summed E-state index contributed by atoms with van der Waals surface area (Å²) in [6.45, 7) is 7.74. The molecule has 2 N–H and O–H groups in total. The highest BCUT2D eigenvalue weighted by Gasteiger charge is 2.25. The molecule has 5 nitrogen and oxygen atoms in total. The highest BCUT2D eigenvalue weighted by atomic mass is 16.5. The number of carbonyl (C=O) groups is 1. The summed E-state index contributed by atoms with van der Waals surface area (Å²) in [5.41, 5.74) is 1.33. The molecule has 1 heterocycles. The van der Waals surface area contributed by atoms with Gasteiger partial charge in [-0.3, -0.25) is 9.69 Å². The summed E-state index contributed by atoms with van der Waals surface area (Å²) >= 11 is 0. The highest BCUT2D eigenvalue weighted by Crippen LogP contribution is 2.09. The molecule has 1 saturated heterocycles. The third-order valence-electron chi connectivity index (χ3n) is 4.13. The van der Waals surface area contributed by atoms with Gasteiger partial charge in [-0.2, -0.15) is 0 Å². The molecule has 0 aromatic heterocycles. The molecule has 1 aliphatic rings. The fourth-order valence-corrected chi connectivity index (χ4v) is 2.73. The Kier molecular flexibility index (Phi) is 6.57. The van der Waals surface area contributed by atoms with Crippen molar-refractivity contribution in [1.82, 2.24) is 10.2 Å². The van der Waals surface area contributed by atoms with Crippen molar-refractivity contribution in [3.05, 3.63) is 35.4 Å². The first-order chi connectivity index (χ1) is 11.0. The summed E-state index contributed by atoms with van der Waals surface area (Å²) in [4.78, 5) is 14.2. The fraction of sp³-hybridized carbons (Fsp3) is 0.611. The number of hydrogen-bond acceptors (Lipinski definition) is 4. The molecule has 1 aromatic carbocycles. The lowest BCUT2D eigenvalue weighted by Gasteiger charge is -2.33. The van der Waals surface area contributed by atoms with Crippen LogP contribution in [-0.2, 0) is 22.4 Å². The van der Waals surface area contributed by atoms with E-state index in [-0.39, 0.29) is 12.5 Å². The highest BCUT2D eigenvalue weighted by molar-refractivity contribution is 5.78. The molecule has 23 heavy (non-hydrogen) atoms. The van der Waals surface area contributed by atoms with Crippen molar-refractivity contribution in [3.8, 4) is 0 Å². The van der Waals surface area contributed by atoms with Gasteiger partial charge in [-0.1, -0.05) is 31.2 Å². The fourth-order valence-electron chi connectivity index (χ4n) is 2.73. The number of β-amino-alcohol motifs (C(OH)–C–C–N with tert-alkyl or cyclic N) is 1. The number of carbonyl (C=O) groups excluding carboxylic acids is 1. The Morgan fingerprint density at radius 3 is 2.48 bits per heavy atom. The average Bonchev–Trinajstić information content (AvgIpc) is 2.54. The molecular weight excluding hydrogens is 292 g/mol. The molecule has 128 valence electrons. The van der Waals surface area contributed by atoms with Crippen LogP contribution in [0.2, 0.25) is 0 Å². The van der Waals surface area contributed by atoms with Crippen LogP contribution >= 0.6 is 0 Å². The predicted octanol–water partition coefficient (Wildman–Crippen LogP) is 0.991. The number of aliphatic hydroxyl groups is 1. The van der Waals surface area contributed by atoms with Crippen molar-refractivity contribution in [1.29, 1.82) is 0 Å². The standard InChI is InChI=1S/C18H28N2O3/c1-3-15-4-6-16(7-5-15)12-17(21)19-13-18(2,22)14-20-8-10-23-11-9-20/h4-7,22H,3,8-14H2,1-2H3,(H,19,21). The normalized spacial score (nSPS) is 18.4. The van der Waals surface area contributed by atoms with E-state index in [1.807, 2.05) is 12.1 Å². The van der Waals surface area contributed by atoms with Crippen LogP contribution in [0.3, 0.4) is 0 Å². The Labute approximate surface area is 138 Å². The van der Waals surface area contributed by atoms with Crippen molar-refractivity contribution >= 4 is 5.91 Å². The number of benzene rings is 1. The van der Waals surface area contributed by atoms with Gasteiger partial charge in [0.25, 0.3) is 0 Å². The molecule has 0 saturated carbocycles. The molecule has 0 aliphatic carbocycles. The first-order valence-corrected chi connectivity index (χ1v) is 8.35.